The minimum Gasteiger partial charge on any atom is -0.354 e. The number of benzene rings is 3. The van der Waals surface area contributed by atoms with Crippen LogP contribution in [0.4, 0.5) is 5.69 Å². The Morgan fingerprint density at radius 1 is 0.902 bits per heavy atom. The number of halogens is 4. The summed E-state index contributed by atoms with van der Waals surface area (Å²) in [6.45, 7) is 5.16. The van der Waals surface area contributed by atoms with Crippen LogP contribution in [0, 0.1) is 6.92 Å². The van der Waals surface area contributed by atoms with Crippen LogP contribution in [0.1, 0.15) is 37.8 Å². The number of sulfonamides is 1. The first-order chi connectivity index (χ1) is 19.3. The molecule has 0 saturated heterocycles. The SMILES string of the molecule is CCCCNC(=O)[C@@H](C)N(Cc1ccc(Cl)cc1Cl)C(=O)CN(c1cc(Cl)cc(Cl)c1)S(=O)(=O)c1ccc(C)cc1. The molecule has 0 radical (unpaired) electrons. The van der Waals surface area contributed by atoms with Gasteiger partial charge in [-0.25, -0.2) is 8.42 Å². The van der Waals surface area contributed by atoms with Crippen molar-refractivity contribution in [2.24, 2.45) is 0 Å². The van der Waals surface area contributed by atoms with E-state index in [0.717, 1.165) is 22.7 Å². The zero-order valence-corrected chi connectivity index (χ0v) is 26.7. The highest BCUT2D eigenvalue weighted by Gasteiger charge is 2.33. The van der Waals surface area contributed by atoms with Crippen molar-refractivity contribution in [2.75, 3.05) is 17.4 Å². The lowest BCUT2D eigenvalue weighted by molar-refractivity contribution is -0.139. The monoisotopic (exact) mass is 657 g/mol. The van der Waals surface area contributed by atoms with Gasteiger partial charge in [-0.05, 0) is 68.3 Å². The molecule has 0 spiro atoms. The fourth-order valence-corrected chi connectivity index (χ4v) is 6.38. The first kappa shape index (κ1) is 33.0. The number of carbonyl (C=O) groups excluding carboxylic acids is 2. The molecule has 41 heavy (non-hydrogen) atoms. The Hall–Kier alpha value is -2.49. The minimum atomic E-state index is -4.26. The number of anilines is 1. The number of hydrogen-bond acceptors (Lipinski definition) is 4. The van der Waals surface area contributed by atoms with E-state index >= 15 is 0 Å². The Kier molecular flexibility index (Phi) is 11.8. The molecule has 0 unspecified atom stereocenters. The van der Waals surface area contributed by atoms with Crippen LogP contribution >= 0.6 is 46.4 Å². The van der Waals surface area contributed by atoms with Crippen LogP contribution in [0.15, 0.2) is 65.6 Å². The highest BCUT2D eigenvalue weighted by atomic mass is 35.5. The van der Waals surface area contributed by atoms with Gasteiger partial charge < -0.3 is 10.2 Å². The van der Waals surface area contributed by atoms with E-state index in [1.54, 1.807) is 31.2 Å². The van der Waals surface area contributed by atoms with E-state index in [1.807, 2.05) is 13.8 Å². The molecule has 0 fully saturated rings. The van der Waals surface area contributed by atoms with Gasteiger partial charge in [0.2, 0.25) is 11.8 Å². The van der Waals surface area contributed by atoms with Crippen LogP contribution in [0.2, 0.25) is 20.1 Å². The van der Waals surface area contributed by atoms with E-state index in [1.165, 1.54) is 41.3 Å². The molecule has 0 aliphatic heterocycles. The van der Waals surface area contributed by atoms with Gasteiger partial charge >= 0.3 is 0 Å². The van der Waals surface area contributed by atoms with Gasteiger partial charge in [0.05, 0.1) is 10.6 Å². The van der Waals surface area contributed by atoms with E-state index < -0.39 is 28.5 Å². The second-order valence-corrected chi connectivity index (χ2v) is 13.1. The van der Waals surface area contributed by atoms with Gasteiger partial charge in [-0.2, -0.15) is 0 Å². The predicted molar refractivity (Wildman–Crippen MR) is 167 cm³/mol. The lowest BCUT2D eigenvalue weighted by atomic mass is 10.1. The quantitative estimate of drug-likeness (QED) is 0.210. The van der Waals surface area contributed by atoms with Crippen LogP contribution in [0.25, 0.3) is 0 Å². The maximum absolute atomic E-state index is 14.0. The molecule has 0 bridgehead atoms. The molecule has 3 aromatic carbocycles. The van der Waals surface area contributed by atoms with Crippen molar-refractivity contribution >= 4 is 73.9 Å². The van der Waals surface area contributed by atoms with Crippen molar-refractivity contribution in [1.29, 1.82) is 0 Å². The van der Waals surface area contributed by atoms with E-state index in [0.29, 0.717) is 22.2 Å². The molecule has 220 valence electrons. The second kappa shape index (κ2) is 14.6. The molecule has 7 nitrogen and oxygen atoms in total. The largest absolute Gasteiger partial charge is 0.354 e. The summed E-state index contributed by atoms with van der Waals surface area (Å²) in [6, 6.07) is 14.4. The zero-order chi connectivity index (χ0) is 30.3. The molecule has 0 aliphatic carbocycles. The highest BCUT2D eigenvalue weighted by Crippen LogP contribution is 2.30. The normalized spacial score (nSPS) is 12.1. The Labute approximate surface area is 261 Å². The van der Waals surface area contributed by atoms with Gasteiger partial charge in [0.1, 0.15) is 12.6 Å². The van der Waals surface area contributed by atoms with Gasteiger partial charge in [-0.1, -0.05) is 83.5 Å². The Morgan fingerprint density at radius 3 is 2.12 bits per heavy atom. The Bertz CT molecular complexity index is 1480. The molecule has 3 aromatic rings. The Morgan fingerprint density at radius 2 is 1.54 bits per heavy atom. The average molecular weight is 659 g/mol. The molecular weight excluding hydrogens is 628 g/mol. The summed E-state index contributed by atoms with van der Waals surface area (Å²) in [5.41, 5.74) is 1.50. The first-order valence-electron chi connectivity index (χ1n) is 12.9. The maximum atomic E-state index is 14.0. The molecule has 0 aliphatic rings. The standard InChI is InChI=1S/C29H31Cl4N3O4S/c1-4-5-12-34-29(38)20(3)35(17-21-8-9-22(30)16-27(21)33)28(37)18-36(25-14-23(31)13-24(32)15-25)41(39,40)26-10-6-19(2)7-11-26/h6-11,13-16,20H,4-5,12,17-18H2,1-3H3,(H,34,38)/t20-/m1/s1. The molecule has 0 saturated carbocycles. The van der Waals surface area contributed by atoms with E-state index in [2.05, 4.69) is 5.32 Å². The fraction of sp³-hybridized carbons (Fsp3) is 0.310. The fourth-order valence-electron chi connectivity index (χ4n) is 4.00. The van der Waals surface area contributed by atoms with E-state index in [9.17, 15) is 18.0 Å². The summed E-state index contributed by atoms with van der Waals surface area (Å²) < 4.78 is 28.8. The number of hydrogen-bond donors (Lipinski definition) is 1. The van der Waals surface area contributed by atoms with Crippen molar-refractivity contribution in [3.63, 3.8) is 0 Å². The molecular formula is C29H31Cl4N3O4S. The third kappa shape index (κ3) is 8.75. The summed E-state index contributed by atoms with van der Waals surface area (Å²) in [5, 5.41) is 3.94. The number of nitrogens with zero attached hydrogens (tertiary/aromatic N) is 2. The van der Waals surface area contributed by atoms with Gasteiger partial charge in [0.15, 0.2) is 0 Å². The maximum Gasteiger partial charge on any atom is 0.264 e. The topological polar surface area (TPSA) is 86.8 Å². The summed E-state index contributed by atoms with van der Waals surface area (Å²) in [4.78, 5) is 28.3. The van der Waals surface area contributed by atoms with Crippen molar-refractivity contribution in [1.82, 2.24) is 10.2 Å². The number of aryl methyl sites for hydroxylation is 1. The number of rotatable bonds is 12. The lowest BCUT2D eigenvalue weighted by Gasteiger charge is -2.32. The van der Waals surface area contributed by atoms with Crippen LogP contribution in [0.5, 0.6) is 0 Å². The number of unbranched alkanes of at least 4 members (excludes halogenated alkanes) is 1. The van der Waals surface area contributed by atoms with Crippen LogP contribution in [-0.2, 0) is 26.2 Å². The summed E-state index contributed by atoms with van der Waals surface area (Å²) in [6.07, 6.45) is 1.65. The van der Waals surface area contributed by atoms with Crippen molar-refractivity contribution in [2.45, 2.75) is 51.1 Å². The molecule has 2 amide bonds. The van der Waals surface area contributed by atoms with Gasteiger partial charge in [0.25, 0.3) is 10.0 Å². The zero-order valence-electron chi connectivity index (χ0n) is 22.8. The van der Waals surface area contributed by atoms with Crippen LogP contribution in [-0.4, -0.2) is 44.3 Å². The molecule has 0 aromatic heterocycles. The predicted octanol–water partition coefficient (Wildman–Crippen LogP) is 7.14. The third-order valence-corrected chi connectivity index (χ3v) is 9.19. The van der Waals surface area contributed by atoms with Gasteiger partial charge in [0, 0.05) is 33.2 Å². The average Bonchev–Trinajstić information content (AvgIpc) is 2.90. The third-order valence-electron chi connectivity index (χ3n) is 6.38. The van der Waals surface area contributed by atoms with E-state index in [-0.39, 0.29) is 33.1 Å². The Balaban J connectivity index is 2.06. The van der Waals surface area contributed by atoms with Gasteiger partial charge in [-0.3, -0.25) is 13.9 Å². The molecule has 0 heterocycles. The number of nitrogens with one attached hydrogen (secondary N) is 1. The smallest absolute Gasteiger partial charge is 0.264 e. The van der Waals surface area contributed by atoms with E-state index in [4.69, 9.17) is 46.4 Å². The highest BCUT2D eigenvalue weighted by molar-refractivity contribution is 7.92. The lowest BCUT2D eigenvalue weighted by Crippen LogP contribution is -2.51. The van der Waals surface area contributed by atoms with Crippen molar-refractivity contribution < 1.29 is 18.0 Å². The summed E-state index contributed by atoms with van der Waals surface area (Å²) in [5.74, 6) is -1.02. The molecule has 1 N–H and O–H groups in total. The van der Waals surface area contributed by atoms with Gasteiger partial charge in [-0.15, -0.1) is 0 Å². The van der Waals surface area contributed by atoms with Crippen molar-refractivity contribution in [3.8, 4) is 0 Å². The second-order valence-electron chi connectivity index (χ2n) is 9.53. The molecule has 12 heteroatoms. The number of carbonyl (C=O) groups is 2. The van der Waals surface area contributed by atoms with Crippen LogP contribution in [0.3, 0.4) is 0 Å². The molecule has 3 rings (SSSR count). The first-order valence-corrected chi connectivity index (χ1v) is 15.8. The minimum absolute atomic E-state index is 0.0235. The summed E-state index contributed by atoms with van der Waals surface area (Å²) in [7, 11) is -4.26. The number of amides is 2. The summed E-state index contributed by atoms with van der Waals surface area (Å²) >= 11 is 24.9. The van der Waals surface area contributed by atoms with Crippen LogP contribution < -0.4 is 9.62 Å². The molecule has 1 atom stereocenters. The van der Waals surface area contributed by atoms with Crippen molar-refractivity contribution in [3.05, 3.63) is 91.9 Å².